The summed E-state index contributed by atoms with van der Waals surface area (Å²) in [6, 6.07) is 13.2. The molecule has 0 radical (unpaired) electrons. The van der Waals surface area contributed by atoms with Gasteiger partial charge in [0, 0.05) is 31.5 Å². The van der Waals surface area contributed by atoms with Gasteiger partial charge in [-0.25, -0.2) is 4.68 Å². The molecule has 128 valence electrons. The molecule has 0 bridgehead atoms. The second-order valence-electron chi connectivity index (χ2n) is 6.60. The Bertz CT molecular complexity index is 652. The maximum atomic E-state index is 6.06. The van der Waals surface area contributed by atoms with Crippen LogP contribution in [0.2, 0.25) is 0 Å². The van der Waals surface area contributed by atoms with Gasteiger partial charge in [-0.3, -0.25) is 0 Å². The largest absolute Gasteiger partial charge is 0.378 e. The third kappa shape index (κ3) is 3.11. The highest BCUT2D eigenvalue weighted by Crippen LogP contribution is 2.33. The molecule has 1 saturated heterocycles. The van der Waals surface area contributed by atoms with Gasteiger partial charge in [-0.05, 0) is 44.4 Å². The van der Waals surface area contributed by atoms with Gasteiger partial charge in [-0.1, -0.05) is 18.2 Å². The number of para-hydroxylation sites is 1. The Labute approximate surface area is 143 Å². The molecule has 2 aromatic rings. The topological polar surface area (TPSA) is 48.3 Å². The first-order valence-corrected chi connectivity index (χ1v) is 8.93. The highest BCUT2D eigenvalue weighted by atomic mass is 16.5. The van der Waals surface area contributed by atoms with Crippen molar-refractivity contribution in [3.63, 3.8) is 0 Å². The highest BCUT2D eigenvalue weighted by Gasteiger charge is 2.37. The van der Waals surface area contributed by atoms with Gasteiger partial charge in [0.05, 0.1) is 17.5 Å². The number of rotatable bonds is 6. The van der Waals surface area contributed by atoms with Crippen molar-refractivity contribution in [1.29, 1.82) is 0 Å². The number of hydrogen-bond acceptors (Lipinski definition) is 4. The Morgan fingerprint density at radius 3 is 2.88 bits per heavy atom. The van der Waals surface area contributed by atoms with Crippen molar-refractivity contribution >= 4 is 0 Å². The standard InChI is InChI=1S/C19H25N3O2/c1-2-23-16-12-14(13-16)21-17-9-11-24-19(17)18-8-10-20-22(18)15-6-4-3-5-7-15/h3-8,10,14,16-17,19,21H,2,9,11-13H2,1H3/t14?,16?,17-,19-/m0/s1. The van der Waals surface area contributed by atoms with E-state index in [0.29, 0.717) is 18.2 Å². The minimum atomic E-state index is 0.0545. The summed E-state index contributed by atoms with van der Waals surface area (Å²) in [5, 5.41) is 8.28. The molecule has 1 aliphatic heterocycles. The van der Waals surface area contributed by atoms with Gasteiger partial charge in [0.2, 0.25) is 0 Å². The van der Waals surface area contributed by atoms with E-state index in [1.54, 1.807) is 0 Å². The van der Waals surface area contributed by atoms with E-state index in [1.807, 2.05) is 29.1 Å². The van der Waals surface area contributed by atoms with E-state index in [4.69, 9.17) is 9.47 Å². The average molecular weight is 327 g/mol. The van der Waals surface area contributed by atoms with Crippen LogP contribution in [0.5, 0.6) is 0 Å². The number of nitrogens with zero attached hydrogens (tertiary/aromatic N) is 2. The summed E-state index contributed by atoms with van der Waals surface area (Å²) in [7, 11) is 0. The second kappa shape index (κ2) is 7.05. The number of benzene rings is 1. The molecule has 5 nitrogen and oxygen atoms in total. The van der Waals surface area contributed by atoms with Crippen molar-refractivity contribution < 1.29 is 9.47 Å². The molecule has 1 N–H and O–H groups in total. The number of ether oxygens (including phenoxy) is 2. The molecule has 5 heteroatoms. The van der Waals surface area contributed by atoms with Crippen LogP contribution in [-0.2, 0) is 9.47 Å². The molecule has 4 rings (SSSR count). The fraction of sp³-hybridized carbons (Fsp3) is 0.526. The van der Waals surface area contributed by atoms with Crippen molar-refractivity contribution in [1.82, 2.24) is 15.1 Å². The summed E-state index contributed by atoms with van der Waals surface area (Å²) in [6.07, 6.45) is 5.60. The summed E-state index contributed by atoms with van der Waals surface area (Å²) in [5.74, 6) is 0. The maximum absolute atomic E-state index is 6.06. The lowest BCUT2D eigenvalue weighted by Crippen LogP contribution is -2.50. The summed E-state index contributed by atoms with van der Waals surface area (Å²) in [4.78, 5) is 0. The van der Waals surface area contributed by atoms with Crippen molar-refractivity contribution in [2.24, 2.45) is 0 Å². The Hall–Kier alpha value is -1.69. The van der Waals surface area contributed by atoms with E-state index in [9.17, 15) is 0 Å². The van der Waals surface area contributed by atoms with Crippen molar-refractivity contribution in [3.05, 3.63) is 48.3 Å². The molecule has 1 aromatic heterocycles. The fourth-order valence-electron chi connectivity index (χ4n) is 3.74. The summed E-state index contributed by atoms with van der Waals surface area (Å²) in [6.45, 7) is 3.67. The first-order chi connectivity index (χ1) is 11.8. The van der Waals surface area contributed by atoms with Gasteiger partial charge in [0.25, 0.3) is 0 Å². The maximum Gasteiger partial charge on any atom is 0.115 e. The van der Waals surface area contributed by atoms with Gasteiger partial charge in [0.15, 0.2) is 0 Å². The predicted octanol–water partition coefficient (Wildman–Crippen LogP) is 2.86. The molecule has 0 amide bonds. The van der Waals surface area contributed by atoms with E-state index in [0.717, 1.165) is 43.9 Å². The van der Waals surface area contributed by atoms with Crippen molar-refractivity contribution in [3.8, 4) is 5.69 Å². The first-order valence-electron chi connectivity index (χ1n) is 8.93. The fourth-order valence-corrected chi connectivity index (χ4v) is 3.74. The van der Waals surface area contributed by atoms with Crippen LogP contribution in [0.3, 0.4) is 0 Å². The number of aromatic nitrogens is 2. The van der Waals surface area contributed by atoms with E-state index in [2.05, 4.69) is 35.5 Å². The van der Waals surface area contributed by atoms with Crippen LogP contribution < -0.4 is 5.32 Å². The molecular weight excluding hydrogens is 302 g/mol. The predicted molar refractivity (Wildman–Crippen MR) is 92.2 cm³/mol. The van der Waals surface area contributed by atoms with Gasteiger partial charge in [-0.15, -0.1) is 0 Å². The Morgan fingerprint density at radius 2 is 2.08 bits per heavy atom. The molecular formula is C19H25N3O2. The van der Waals surface area contributed by atoms with Gasteiger partial charge < -0.3 is 14.8 Å². The minimum Gasteiger partial charge on any atom is -0.378 e. The Kier molecular flexibility index (Phi) is 4.65. The van der Waals surface area contributed by atoms with Crippen LogP contribution >= 0.6 is 0 Å². The Balaban J connectivity index is 1.45. The van der Waals surface area contributed by atoms with Crippen molar-refractivity contribution in [2.75, 3.05) is 13.2 Å². The monoisotopic (exact) mass is 327 g/mol. The van der Waals surface area contributed by atoms with Crippen LogP contribution in [0.25, 0.3) is 5.69 Å². The van der Waals surface area contributed by atoms with E-state index in [1.165, 1.54) is 0 Å². The third-order valence-electron chi connectivity index (χ3n) is 5.00. The van der Waals surface area contributed by atoms with Crippen LogP contribution in [-0.4, -0.2) is 41.2 Å². The zero-order valence-electron chi connectivity index (χ0n) is 14.1. The summed E-state index contributed by atoms with van der Waals surface area (Å²) >= 11 is 0. The average Bonchev–Trinajstić information content (AvgIpc) is 3.22. The lowest BCUT2D eigenvalue weighted by molar-refractivity contribution is -0.0156. The minimum absolute atomic E-state index is 0.0545. The number of nitrogens with one attached hydrogen (secondary N) is 1. The highest BCUT2D eigenvalue weighted by molar-refractivity contribution is 5.33. The Morgan fingerprint density at radius 1 is 1.25 bits per heavy atom. The second-order valence-corrected chi connectivity index (χ2v) is 6.60. The smallest absolute Gasteiger partial charge is 0.115 e. The molecule has 2 heterocycles. The zero-order chi connectivity index (χ0) is 16.4. The van der Waals surface area contributed by atoms with Crippen molar-refractivity contribution in [2.45, 2.75) is 50.5 Å². The van der Waals surface area contributed by atoms with Gasteiger partial charge in [0.1, 0.15) is 6.10 Å². The molecule has 0 spiro atoms. The molecule has 1 aromatic carbocycles. The van der Waals surface area contributed by atoms with Crippen LogP contribution in [0.15, 0.2) is 42.6 Å². The lowest BCUT2D eigenvalue weighted by atomic mass is 9.88. The summed E-state index contributed by atoms with van der Waals surface area (Å²) < 4.78 is 13.7. The van der Waals surface area contributed by atoms with E-state index < -0.39 is 0 Å². The zero-order valence-corrected chi connectivity index (χ0v) is 14.1. The molecule has 1 aliphatic carbocycles. The van der Waals surface area contributed by atoms with Gasteiger partial charge in [-0.2, -0.15) is 5.10 Å². The quantitative estimate of drug-likeness (QED) is 0.886. The SMILES string of the molecule is CCOC1CC(N[C@H]2CCO[C@@H]2c2ccnn2-c2ccccc2)C1. The van der Waals surface area contributed by atoms with E-state index >= 15 is 0 Å². The first kappa shape index (κ1) is 15.8. The third-order valence-corrected chi connectivity index (χ3v) is 5.00. The van der Waals surface area contributed by atoms with Crippen LogP contribution in [0, 0.1) is 0 Å². The normalized spacial score (nSPS) is 29.5. The molecule has 0 unspecified atom stereocenters. The summed E-state index contributed by atoms with van der Waals surface area (Å²) in [5.41, 5.74) is 2.20. The molecule has 2 atom stereocenters. The lowest BCUT2D eigenvalue weighted by Gasteiger charge is -2.38. The molecule has 2 aliphatic rings. The number of hydrogen-bond donors (Lipinski definition) is 1. The van der Waals surface area contributed by atoms with E-state index in [-0.39, 0.29) is 6.10 Å². The molecule has 2 fully saturated rings. The van der Waals surface area contributed by atoms with Gasteiger partial charge >= 0.3 is 0 Å². The molecule has 24 heavy (non-hydrogen) atoms. The van der Waals surface area contributed by atoms with Crippen LogP contribution in [0.1, 0.15) is 38.0 Å². The van der Waals surface area contributed by atoms with Crippen LogP contribution in [0.4, 0.5) is 0 Å². The molecule has 1 saturated carbocycles.